The number of hydrogen-bond donors (Lipinski definition) is 2. The molecule has 0 saturated carbocycles. The fraction of sp³-hybridized carbons (Fsp3) is 0.133. The van der Waals surface area contributed by atoms with Crippen LogP contribution < -0.4 is 15.8 Å². The molecule has 21 heavy (non-hydrogen) atoms. The van der Waals surface area contributed by atoms with Crippen LogP contribution in [0.4, 0.5) is 10.1 Å². The molecule has 0 aliphatic carbocycles. The normalized spacial score (nSPS) is 10.2. The predicted molar refractivity (Wildman–Crippen MR) is 90.3 cm³/mol. The maximum absolute atomic E-state index is 14.2. The summed E-state index contributed by atoms with van der Waals surface area (Å²) in [4.78, 5) is 0.153. The number of benzene rings is 2. The van der Waals surface area contributed by atoms with Gasteiger partial charge in [0.25, 0.3) is 0 Å². The smallest absolute Gasteiger partial charge is 0.161 e. The van der Waals surface area contributed by atoms with Crippen molar-refractivity contribution in [3.8, 4) is 5.75 Å². The minimum Gasteiger partial charge on any atom is -0.497 e. The summed E-state index contributed by atoms with van der Waals surface area (Å²) in [5, 5.41) is 3.04. The number of ether oxygens (including phenoxy) is 1. The van der Waals surface area contributed by atoms with E-state index in [0.717, 1.165) is 11.3 Å². The van der Waals surface area contributed by atoms with Crippen LogP contribution in [0.5, 0.6) is 5.75 Å². The van der Waals surface area contributed by atoms with E-state index in [1.807, 2.05) is 24.3 Å². The van der Waals surface area contributed by atoms with Crippen molar-refractivity contribution in [3.05, 3.63) is 57.8 Å². The van der Waals surface area contributed by atoms with E-state index >= 15 is 0 Å². The molecule has 0 saturated heterocycles. The largest absolute Gasteiger partial charge is 0.497 e. The van der Waals surface area contributed by atoms with Gasteiger partial charge in [0.15, 0.2) is 5.82 Å². The minimum atomic E-state index is -0.414. The van der Waals surface area contributed by atoms with Crippen LogP contribution in [0, 0.1) is 5.82 Å². The topological polar surface area (TPSA) is 47.3 Å². The summed E-state index contributed by atoms with van der Waals surface area (Å²) < 4.78 is 19.6. The molecule has 3 nitrogen and oxygen atoms in total. The van der Waals surface area contributed by atoms with Crippen molar-refractivity contribution in [1.82, 2.24) is 0 Å². The molecule has 0 aliphatic rings. The highest BCUT2D eigenvalue weighted by Gasteiger charge is 2.12. The van der Waals surface area contributed by atoms with E-state index in [1.54, 1.807) is 19.2 Å². The van der Waals surface area contributed by atoms with Crippen LogP contribution >= 0.6 is 28.1 Å². The van der Waals surface area contributed by atoms with E-state index in [9.17, 15) is 4.39 Å². The van der Waals surface area contributed by atoms with Crippen LogP contribution in [0.25, 0.3) is 0 Å². The third-order valence-corrected chi connectivity index (χ3v) is 3.96. The molecule has 2 aromatic carbocycles. The first-order valence-electron chi connectivity index (χ1n) is 6.17. The summed E-state index contributed by atoms with van der Waals surface area (Å²) in [6, 6.07) is 10.9. The van der Waals surface area contributed by atoms with Crippen LogP contribution in [0.2, 0.25) is 0 Å². The van der Waals surface area contributed by atoms with E-state index in [0.29, 0.717) is 17.8 Å². The fourth-order valence-electron chi connectivity index (χ4n) is 1.86. The van der Waals surface area contributed by atoms with Crippen molar-refractivity contribution in [1.29, 1.82) is 0 Å². The lowest BCUT2D eigenvalue weighted by atomic mass is 10.1. The van der Waals surface area contributed by atoms with Gasteiger partial charge < -0.3 is 15.8 Å². The zero-order valence-electron chi connectivity index (χ0n) is 11.3. The summed E-state index contributed by atoms with van der Waals surface area (Å²) in [5.41, 5.74) is 7.38. The van der Waals surface area contributed by atoms with Gasteiger partial charge in [-0.1, -0.05) is 24.4 Å². The molecule has 0 spiro atoms. The lowest BCUT2D eigenvalue weighted by Gasteiger charge is -2.11. The van der Waals surface area contributed by atoms with Crippen LogP contribution in [0.3, 0.4) is 0 Å². The second-order valence-electron chi connectivity index (χ2n) is 4.36. The number of methoxy groups -OCH3 is 1. The highest BCUT2D eigenvalue weighted by molar-refractivity contribution is 9.10. The first-order valence-corrected chi connectivity index (χ1v) is 7.37. The van der Waals surface area contributed by atoms with Crippen molar-refractivity contribution in [2.75, 3.05) is 12.4 Å². The Kier molecular flexibility index (Phi) is 5.14. The second kappa shape index (κ2) is 6.87. The van der Waals surface area contributed by atoms with Gasteiger partial charge in [-0.2, -0.15) is 0 Å². The molecule has 0 fully saturated rings. The van der Waals surface area contributed by atoms with Crippen LogP contribution in [0.1, 0.15) is 11.1 Å². The zero-order valence-corrected chi connectivity index (χ0v) is 13.7. The summed E-state index contributed by atoms with van der Waals surface area (Å²) in [6.07, 6.45) is 0. The molecular weight excluding hydrogens is 355 g/mol. The van der Waals surface area contributed by atoms with E-state index < -0.39 is 5.82 Å². The van der Waals surface area contributed by atoms with Crippen molar-refractivity contribution in [2.24, 2.45) is 5.73 Å². The van der Waals surface area contributed by atoms with Gasteiger partial charge in [-0.3, -0.25) is 0 Å². The van der Waals surface area contributed by atoms with Gasteiger partial charge in [-0.25, -0.2) is 4.39 Å². The maximum atomic E-state index is 14.2. The van der Waals surface area contributed by atoms with Crippen LogP contribution in [0.15, 0.2) is 40.9 Å². The number of nitrogens with one attached hydrogen (secondary N) is 1. The van der Waals surface area contributed by atoms with E-state index in [1.165, 1.54) is 0 Å². The van der Waals surface area contributed by atoms with Crippen LogP contribution in [-0.4, -0.2) is 12.1 Å². The van der Waals surface area contributed by atoms with Gasteiger partial charge in [0, 0.05) is 12.1 Å². The Morgan fingerprint density at radius 1 is 1.38 bits per heavy atom. The average Bonchev–Trinajstić information content (AvgIpc) is 2.48. The Hall–Kier alpha value is -1.66. The van der Waals surface area contributed by atoms with Gasteiger partial charge in [-0.15, -0.1) is 0 Å². The summed E-state index contributed by atoms with van der Waals surface area (Å²) in [7, 11) is 1.61. The molecule has 6 heteroatoms. The molecule has 2 rings (SSSR count). The Morgan fingerprint density at radius 2 is 2.14 bits per heavy atom. The summed E-state index contributed by atoms with van der Waals surface area (Å²) in [5.74, 6) is 0.350. The molecule has 0 unspecified atom stereocenters. The Balaban J connectivity index is 2.17. The SMILES string of the molecule is COc1cccc(CNc2ccc(C(N)=S)c(Br)c2F)c1. The Bertz CT molecular complexity index is 679. The molecule has 3 N–H and O–H groups in total. The van der Waals surface area contributed by atoms with Crippen molar-refractivity contribution >= 4 is 38.8 Å². The molecule has 0 amide bonds. The molecule has 2 aromatic rings. The number of rotatable bonds is 5. The fourth-order valence-corrected chi connectivity index (χ4v) is 2.72. The quantitative estimate of drug-likeness (QED) is 0.787. The van der Waals surface area contributed by atoms with Gasteiger partial charge in [-0.05, 0) is 45.8 Å². The summed E-state index contributed by atoms with van der Waals surface area (Å²) >= 11 is 8.05. The highest BCUT2D eigenvalue weighted by atomic mass is 79.9. The zero-order chi connectivity index (χ0) is 15.4. The molecule has 0 aromatic heterocycles. The average molecular weight is 369 g/mol. The van der Waals surface area contributed by atoms with Gasteiger partial charge >= 0.3 is 0 Å². The Morgan fingerprint density at radius 3 is 2.81 bits per heavy atom. The summed E-state index contributed by atoms with van der Waals surface area (Å²) in [6.45, 7) is 0.479. The lowest BCUT2D eigenvalue weighted by molar-refractivity contribution is 0.414. The number of hydrogen-bond acceptors (Lipinski definition) is 3. The predicted octanol–water partition coefficient (Wildman–Crippen LogP) is 3.84. The molecule has 0 bridgehead atoms. The van der Waals surface area contributed by atoms with Crippen molar-refractivity contribution in [2.45, 2.75) is 6.54 Å². The highest BCUT2D eigenvalue weighted by Crippen LogP contribution is 2.27. The number of anilines is 1. The standard InChI is InChI=1S/C15H14BrFN2OS/c1-20-10-4-2-3-9(7-10)8-19-12-6-5-11(15(18)21)13(16)14(12)17/h2-7,19H,8H2,1H3,(H2,18,21). The number of nitrogens with two attached hydrogens (primary N) is 1. The third-order valence-electron chi connectivity index (χ3n) is 2.96. The van der Waals surface area contributed by atoms with Crippen molar-refractivity contribution < 1.29 is 9.13 Å². The van der Waals surface area contributed by atoms with Gasteiger partial charge in [0.2, 0.25) is 0 Å². The monoisotopic (exact) mass is 368 g/mol. The van der Waals surface area contributed by atoms with E-state index in [-0.39, 0.29) is 9.46 Å². The molecule has 0 atom stereocenters. The molecular formula is C15H14BrFN2OS. The minimum absolute atomic E-state index is 0.153. The molecule has 0 radical (unpaired) electrons. The maximum Gasteiger partial charge on any atom is 0.161 e. The van der Waals surface area contributed by atoms with Crippen LogP contribution in [-0.2, 0) is 6.54 Å². The Labute approximate surface area is 136 Å². The molecule has 110 valence electrons. The molecule has 0 aliphatic heterocycles. The van der Waals surface area contributed by atoms with E-state index in [4.69, 9.17) is 22.7 Å². The second-order valence-corrected chi connectivity index (χ2v) is 5.59. The number of halogens is 2. The molecule has 0 heterocycles. The first-order chi connectivity index (χ1) is 10.0. The number of thiocarbonyl (C=S) groups is 1. The first kappa shape index (κ1) is 15.7. The van der Waals surface area contributed by atoms with Gasteiger partial charge in [0.05, 0.1) is 17.3 Å². The van der Waals surface area contributed by atoms with Gasteiger partial charge in [0.1, 0.15) is 10.7 Å². The van der Waals surface area contributed by atoms with E-state index in [2.05, 4.69) is 21.2 Å². The van der Waals surface area contributed by atoms with Crippen molar-refractivity contribution in [3.63, 3.8) is 0 Å². The third kappa shape index (κ3) is 3.71. The lowest BCUT2D eigenvalue weighted by Crippen LogP contribution is -2.12.